The lowest BCUT2D eigenvalue weighted by Gasteiger charge is -2.37. The summed E-state index contributed by atoms with van der Waals surface area (Å²) >= 11 is 2.51. The van der Waals surface area contributed by atoms with Crippen LogP contribution in [0.4, 0.5) is 8.78 Å². The molecule has 3 aromatic rings. The Morgan fingerprint density at radius 3 is 3.04 bits per heavy atom. The first-order chi connectivity index (χ1) is 11.8. The van der Waals surface area contributed by atoms with E-state index in [0.717, 1.165) is 27.5 Å². The highest BCUT2D eigenvalue weighted by atomic mass is 127. The van der Waals surface area contributed by atoms with Gasteiger partial charge in [0, 0.05) is 40.1 Å². The van der Waals surface area contributed by atoms with Crippen LogP contribution in [-0.2, 0) is 6.42 Å². The van der Waals surface area contributed by atoms with Crippen LogP contribution in [0, 0.1) is 0 Å². The number of amides is 1. The van der Waals surface area contributed by atoms with Gasteiger partial charge in [-0.15, -0.1) is 11.3 Å². The summed E-state index contributed by atoms with van der Waals surface area (Å²) in [5, 5.41) is 15.3. The second-order valence-corrected chi connectivity index (χ2v) is 8.08. The number of fused-ring (bicyclic) bond motifs is 2. The van der Waals surface area contributed by atoms with E-state index >= 15 is 0 Å². The first-order valence-electron chi connectivity index (χ1n) is 7.33. The third-order valence-corrected chi connectivity index (χ3v) is 5.64. The quantitative estimate of drug-likeness (QED) is 0.456. The molecule has 10 heteroatoms. The Morgan fingerprint density at radius 1 is 1.48 bits per heavy atom. The van der Waals surface area contributed by atoms with Crippen molar-refractivity contribution in [2.24, 2.45) is 0 Å². The average Bonchev–Trinajstić information content (AvgIpc) is 3.17. The van der Waals surface area contributed by atoms with E-state index in [9.17, 15) is 18.7 Å². The number of hydrogen-bond acceptors (Lipinski definition) is 5. The van der Waals surface area contributed by atoms with Crippen molar-refractivity contribution >= 4 is 45.5 Å². The standard InChI is InChI=1S/C15H11F2IN4O2S/c16-15(17,18)13-9-2-4-25-11(9)1-3-21(13)14(24)10-5-12-19-6-8(23)7-22(12)20-10/h2,4-7,13,23H,1,3H2. The fourth-order valence-electron chi connectivity index (χ4n) is 3.01. The summed E-state index contributed by atoms with van der Waals surface area (Å²) in [5.41, 5.74) is 0.859. The fraction of sp³-hybridized carbons (Fsp3) is 0.267. The van der Waals surface area contributed by atoms with Gasteiger partial charge in [-0.1, -0.05) is 0 Å². The molecule has 1 N–H and O–H groups in total. The van der Waals surface area contributed by atoms with Gasteiger partial charge in [-0.2, -0.15) is 13.9 Å². The molecule has 0 saturated carbocycles. The lowest BCUT2D eigenvalue weighted by atomic mass is 10.00. The topological polar surface area (TPSA) is 70.7 Å². The Bertz CT molecular complexity index is 968. The first kappa shape index (κ1) is 16.6. The molecule has 0 radical (unpaired) electrons. The molecule has 1 amide bonds. The van der Waals surface area contributed by atoms with Crippen LogP contribution in [0.25, 0.3) is 5.65 Å². The number of thiophene rings is 1. The highest BCUT2D eigenvalue weighted by molar-refractivity contribution is 14.1. The van der Waals surface area contributed by atoms with Gasteiger partial charge in [-0.05, 0) is 23.4 Å². The number of hydrogen-bond donors (Lipinski definition) is 1. The zero-order valence-corrected chi connectivity index (χ0v) is 15.5. The number of rotatable bonds is 2. The molecular formula is C15H11F2IN4O2S. The van der Waals surface area contributed by atoms with E-state index < -0.39 is 15.9 Å². The smallest absolute Gasteiger partial charge is 0.320 e. The molecule has 0 fully saturated rings. The lowest BCUT2D eigenvalue weighted by molar-refractivity contribution is 0.00583. The summed E-state index contributed by atoms with van der Waals surface area (Å²) in [6, 6.07) is 1.74. The summed E-state index contributed by atoms with van der Waals surface area (Å²) in [4.78, 5) is 18.9. The van der Waals surface area contributed by atoms with Gasteiger partial charge in [0.15, 0.2) is 17.1 Å². The second kappa shape index (κ2) is 5.87. The molecule has 1 atom stereocenters. The highest BCUT2D eigenvalue weighted by Gasteiger charge is 2.47. The maximum atomic E-state index is 14.3. The Kier molecular flexibility index (Phi) is 3.90. The highest BCUT2D eigenvalue weighted by Crippen LogP contribution is 2.46. The number of aromatic hydroxyl groups is 1. The van der Waals surface area contributed by atoms with Crippen molar-refractivity contribution in [2.45, 2.75) is 16.4 Å². The fourth-order valence-corrected chi connectivity index (χ4v) is 4.58. The molecule has 0 bridgehead atoms. The Balaban J connectivity index is 1.75. The van der Waals surface area contributed by atoms with Crippen LogP contribution in [0.15, 0.2) is 29.9 Å². The summed E-state index contributed by atoms with van der Waals surface area (Å²) in [6.07, 6.45) is 3.07. The van der Waals surface area contributed by atoms with Crippen LogP contribution in [-0.4, -0.2) is 41.0 Å². The number of carbonyl (C=O) groups excluding carboxylic acids is 1. The summed E-state index contributed by atoms with van der Waals surface area (Å²) < 4.78 is 26.7. The molecule has 130 valence electrons. The van der Waals surface area contributed by atoms with E-state index in [-0.39, 0.29) is 18.0 Å². The summed E-state index contributed by atoms with van der Waals surface area (Å²) in [5.74, 6) is -0.685. The SMILES string of the molecule is O=C(c1cc2ncc(O)cn2n1)N1CCc2sccc2C1C(F)(F)I. The zero-order chi connectivity index (χ0) is 17.8. The molecule has 0 saturated heterocycles. The second-order valence-electron chi connectivity index (χ2n) is 5.64. The van der Waals surface area contributed by atoms with Crippen molar-refractivity contribution in [1.82, 2.24) is 19.5 Å². The van der Waals surface area contributed by atoms with E-state index in [4.69, 9.17) is 0 Å². The number of halogens is 3. The van der Waals surface area contributed by atoms with Gasteiger partial charge < -0.3 is 10.0 Å². The van der Waals surface area contributed by atoms with E-state index in [1.807, 2.05) is 0 Å². The zero-order valence-electron chi connectivity index (χ0n) is 12.6. The Hall–Kier alpha value is -1.82. The normalized spacial score (nSPS) is 17.7. The van der Waals surface area contributed by atoms with Crippen LogP contribution in [0.2, 0.25) is 0 Å². The van der Waals surface area contributed by atoms with Crippen molar-refractivity contribution in [3.63, 3.8) is 0 Å². The Morgan fingerprint density at radius 2 is 2.28 bits per heavy atom. The van der Waals surface area contributed by atoms with Crippen LogP contribution in [0.3, 0.4) is 0 Å². The minimum atomic E-state index is -3.11. The molecular weight excluding hydrogens is 465 g/mol. The molecule has 0 aromatic carbocycles. The van der Waals surface area contributed by atoms with Gasteiger partial charge in [0.1, 0.15) is 6.04 Å². The van der Waals surface area contributed by atoms with Crippen molar-refractivity contribution in [1.29, 1.82) is 0 Å². The predicted molar refractivity (Wildman–Crippen MR) is 95.4 cm³/mol. The third-order valence-electron chi connectivity index (χ3n) is 4.06. The molecule has 0 aliphatic carbocycles. The van der Waals surface area contributed by atoms with Crippen LogP contribution >= 0.6 is 33.9 Å². The molecule has 4 rings (SSSR count). The van der Waals surface area contributed by atoms with Gasteiger partial charge in [0.2, 0.25) is 0 Å². The van der Waals surface area contributed by atoms with Crippen LogP contribution in [0.1, 0.15) is 27.0 Å². The molecule has 4 heterocycles. The first-order valence-corrected chi connectivity index (χ1v) is 9.29. The van der Waals surface area contributed by atoms with E-state index in [1.54, 1.807) is 11.4 Å². The molecule has 6 nitrogen and oxygen atoms in total. The maximum absolute atomic E-state index is 14.3. The number of aromatic nitrogens is 3. The minimum Gasteiger partial charge on any atom is -0.505 e. The molecule has 1 unspecified atom stereocenters. The third kappa shape index (κ3) is 2.86. The molecule has 1 aliphatic rings. The molecule has 0 spiro atoms. The van der Waals surface area contributed by atoms with Gasteiger partial charge in [-0.25, -0.2) is 9.50 Å². The van der Waals surface area contributed by atoms with Crippen LogP contribution < -0.4 is 0 Å². The van der Waals surface area contributed by atoms with Crippen LogP contribution in [0.5, 0.6) is 5.75 Å². The summed E-state index contributed by atoms with van der Waals surface area (Å²) in [6.45, 7) is 0.197. The molecule has 3 aromatic heterocycles. The minimum absolute atomic E-state index is 0.0161. The summed E-state index contributed by atoms with van der Waals surface area (Å²) in [7, 11) is 0. The van der Waals surface area contributed by atoms with E-state index in [0.29, 0.717) is 17.6 Å². The number of carbonyl (C=O) groups is 1. The van der Waals surface area contributed by atoms with Crippen molar-refractivity contribution in [3.05, 3.63) is 46.0 Å². The van der Waals surface area contributed by atoms with Crippen molar-refractivity contribution < 1.29 is 18.7 Å². The van der Waals surface area contributed by atoms with E-state index in [2.05, 4.69) is 10.1 Å². The predicted octanol–water partition coefficient (Wildman–Crippen LogP) is 3.26. The van der Waals surface area contributed by atoms with Gasteiger partial charge in [0.05, 0.1) is 12.4 Å². The maximum Gasteiger partial charge on any atom is 0.320 e. The largest absolute Gasteiger partial charge is 0.505 e. The van der Waals surface area contributed by atoms with Gasteiger partial charge in [0.25, 0.3) is 5.91 Å². The Labute approximate surface area is 158 Å². The van der Waals surface area contributed by atoms with Gasteiger partial charge in [-0.3, -0.25) is 4.79 Å². The molecule has 25 heavy (non-hydrogen) atoms. The number of alkyl halides is 3. The lowest BCUT2D eigenvalue weighted by Crippen LogP contribution is -2.45. The monoisotopic (exact) mass is 476 g/mol. The van der Waals surface area contributed by atoms with Crippen molar-refractivity contribution in [2.75, 3.05) is 6.54 Å². The van der Waals surface area contributed by atoms with Gasteiger partial charge >= 0.3 is 3.93 Å². The average molecular weight is 476 g/mol. The molecule has 1 aliphatic heterocycles. The van der Waals surface area contributed by atoms with E-state index in [1.165, 1.54) is 39.2 Å². The van der Waals surface area contributed by atoms with Crippen molar-refractivity contribution in [3.8, 4) is 5.75 Å². The number of nitrogens with zero attached hydrogens (tertiary/aromatic N) is 4.